The van der Waals surface area contributed by atoms with Gasteiger partial charge in [-0.15, -0.1) is 0 Å². The molecule has 0 bridgehead atoms. The summed E-state index contributed by atoms with van der Waals surface area (Å²) in [6.45, 7) is 11.5. The molecule has 0 amide bonds. The first-order valence-electron chi connectivity index (χ1n) is 7.98. The van der Waals surface area contributed by atoms with Crippen molar-refractivity contribution in [1.29, 1.82) is 0 Å². The second-order valence-corrected chi connectivity index (χ2v) is 7.93. The molecular weight excluding hydrogens is 292 g/mol. The topological polar surface area (TPSA) is 52.6 Å². The van der Waals surface area contributed by atoms with E-state index in [2.05, 4.69) is 19.9 Å². The fourth-order valence-corrected chi connectivity index (χ4v) is 2.84. The van der Waals surface area contributed by atoms with Gasteiger partial charge < -0.3 is 9.47 Å². The Morgan fingerprint density at radius 1 is 1.26 bits per heavy atom. The highest BCUT2D eigenvalue weighted by atomic mass is 16.5. The van der Waals surface area contributed by atoms with Gasteiger partial charge in [0, 0.05) is 6.92 Å². The first-order valence-corrected chi connectivity index (χ1v) is 7.98. The molecule has 0 spiro atoms. The van der Waals surface area contributed by atoms with E-state index >= 15 is 0 Å². The summed E-state index contributed by atoms with van der Waals surface area (Å²) in [4.78, 5) is 23.2. The van der Waals surface area contributed by atoms with Crippen molar-refractivity contribution in [1.82, 2.24) is 0 Å². The van der Waals surface area contributed by atoms with Crippen LogP contribution in [0.3, 0.4) is 0 Å². The van der Waals surface area contributed by atoms with Crippen LogP contribution in [0.25, 0.3) is 0 Å². The molecule has 23 heavy (non-hydrogen) atoms. The second kappa shape index (κ2) is 5.99. The van der Waals surface area contributed by atoms with Crippen molar-refractivity contribution < 1.29 is 19.1 Å². The lowest BCUT2D eigenvalue weighted by atomic mass is 9.86. The lowest BCUT2D eigenvalue weighted by Crippen LogP contribution is -2.25. The highest BCUT2D eigenvalue weighted by molar-refractivity contribution is 5.75. The second-order valence-electron chi connectivity index (χ2n) is 7.93. The third-order valence-electron chi connectivity index (χ3n) is 4.19. The number of esters is 2. The Labute approximate surface area is 138 Å². The molecule has 0 aliphatic heterocycles. The van der Waals surface area contributed by atoms with Crippen molar-refractivity contribution in [3.05, 3.63) is 34.9 Å². The Balaban J connectivity index is 2.25. The number of carbonyl (C=O) groups is 2. The van der Waals surface area contributed by atoms with Crippen molar-refractivity contribution in [2.45, 2.75) is 66.1 Å². The molecule has 1 unspecified atom stereocenters. The first-order chi connectivity index (χ1) is 10.5. The molecule has 1 aliphatic rings. The van der Waals surface area contributed by atoms with Crippen LogP contribution in [0.5, 0.6) is 0 Å². The van der Waals surface area contributed by atoms with Crippen molar-refractivity contribution in [2.75, 3.05) is 0 Å². The molecule has 1 aliphatic carbocycles. The molecule has 4 nitrogen and oxygen atoms in total. The average molecular weight is 318 g/mol. The van der Waals surface area contributed by atoms with Crippen LogP contribution in [0.1, 0.15) is 70.8 Å². The standard InChI is InChI=1S/C19H26O4/c1-12(20)22-11-13-7-8-14-15(9-13)19(5,6)10-16(14)23-17(21)18(2,3)4/h7-9,16H,10-11H2,1-6H3. The van der Waals surface area contributed by atoms with Gasteiger partial charge in [-0.2, -0.15) is 0 Å². The maximum Gasteiger partial charge on any atom is 0.311 e. The van der Waals surface area contributed by atoms with E-state index in [9.17, 15) is 9.59 Å². The van der Waals surface area contributed by atoms with Crippen LogP contribution in [-0.4, -0.2) is 11.9 Å². The van der Waals surface area contributed by atoms with Crippen molar-refractivity contribution in [3.8, 4) is 0 Å². The summed E-state index contributed by atoms with van der Waals surface area (Å²) in [5, 5.41) is 0. The molecule has 1 aromatic carbocycles. The van der Waals surface area contributed by atoms with Gasteiger partial charge in [0.2, 0.25) is 0 Å². The van der Waals surface area contributed by atoms with Gasteiger partial charge in [0.15, 0.2) is 0 Å². The molecule has 0 N–H and O–H groups in total. The van der Waals surface area contributed by atoms with Gasteiger partial charge in [0.1, 0.15) is 12.7 Å². The number of benzene rings is 1. The number of carbonyl (C=O) groups excluding carboxylic acids is 2. The Morgan fingerprint density at radius 2 is 1.91 bits per heavy atom. The number of ether oxygens (including phenoxy) is 2. The summed E-state index contributed by atoms with van der Waals surface area (Å²) in [5.41, 5.74) is 2.58. The maximum atomic E-state index is 12.2. The summed E-state index contributed by atoms with van der Waals surface area (Å²) in [5.74, 6) is -0.475. The van der Waals surface area contributed by atoms with Gasteiger partial charge in [-0.25, -0.2) is 0 Å². The molecule has 0 heterocycles. The normalized spacial score (nSPS) is 19.1. The molecule has 2 rings (SSSR count). The SMILES string of the molecule is CC(=O)OCc1ccc2c(c1)C(C)(C)CC2OC(=O)C(C)(C)C. The zero-order valence-corrected chi connectivity index (χ0v) is 14.9. The fourth-order valence-electron chi connectivity index (χ4n) is 2.84. The summed E-state index contributed by atoms with van der Waals surface area (Å²) in [7, 11) is 0. The van der Waals surface area contributed by atoms with Gasteiger partial charge in [-0.1, -0.05) is 32.0 Å². The predicted octanol–water partition coefficient (Wildman–Crippen LogP) is 4.06. The van der Waals surface area contributed by atoms with Crippen LogP contribution in [-0.2, 0) is 31.1 Å². The van der Waals surface area contributed by atoms with Crippen LogP contribution < -0.4 is 0 Å². The first kappa shape index (κ1) is 17.5. The van der Waals surface area contributed by atoms with E-state index in [-0.39, 0.29) is 30.1 Å². The third-order valence-corrected chi connectivity index (χ3v) is 4.19. The van der Waals surface area contributed by atoms with Gasteiger partial charge in [-0.3, -0.25) is 9.59 Å². The molecule has 0 saturated carbocycles. The van der Waals surface area contributed by atoms with E-state index in [1.54, 1.807) is 0 Å². The van der Waals surface area contributed by atoms with Crippen LogP contribution >= 0.6 is 0 Å². The van der Waals surface area contributed by atoms with E-state index in [0.29, 0.717) is 0 Å². The minimum atomic E-state index is -0.512. The summed E-state index contributed by atoms with van der Waals surface area (Å²) in [6, 6.07) is 5.98. The summed E-state index contributed by atoms with van der Waals surface area (Å²) >= 11 is 0. The number of rotatable bonds is 3. The van der Waals surface area contributed by atoms with Crippen molar-refractivity contribution in [3.63, 3.8) is 0 Å². The molecule has 1 atom stereocenters. The Bertz CT molecular complexity index is 623. The van der Waals surface area contributed by atoms with Crippen molar-refractivity contribution >= 4 is 11.9 Å². The van der Waals surface area contributed by atoms with Crippen LogP contribution in [0.15, 0.2) is 18.2 Å². The molecule has 0 aromatic heterocycles. The number of hydrogen-bond donors (Lipinski definition) is 0. The summed E-state index contributed by atoms with van der Waals surface area (Å²) in [6.07, 6.45) is 0.552. The number of hydrogen-bond acceptors (Lipinski definition) is 4. The third kappa shape index (κ3) is 3.92. The molecule has 126 valence electrons. The molecule has 0 radical (unpaired) electrons. The quantitative estimate of drug-likeness (QED) is 0.789. The van der Waals surface area contributed by atoms with Gasteiger partial charge >= 0.3 is 11.9 Å². The van der Waals surface area contributed by atoms with Crippen LogP contribution in [0.2, 0.25) is 0 Å². The molecular formula is C19H26O4. The van der Waals surface area contributed by atoms with E-state index in [0.717, 1.165) is 23.1 Å². The van der Waals surface area contributed by atoms with E-state index in [1.807, 2.05) is 32.9 Å². The van der Waals surface area contributed by atoms with E-state index < -0.39 is 5.41 Å². The lowest BCUT2D eigenvalue weighted by molar-refractivity contribution is -0.159. The van der Waals surface area contributed by atoms with Crippen molar-refractivity contribution in [2.24, 2.45) is 5.41 Å². The number of fused-ring (bicyclic) bond motifs is 1. The monoisotopic (exact) mass is 318 g/mol. The molecule has 0 fully saturated rings. The molecule has 0 saturated heterocycles. The maximum absolute atomic E-state index is 12.2. The molecule has 4 heteroatoms. The summed E-state index contributed by atoms with van der Waals surface area (Å²) < 4.78 is 10.8. The molecule has 1 aromatic rings. The highest BCUT2D eigenvalue weighted by Gasteiger charge is 2.40. The highest BCUT2D eigenvalue weighted by Crippen LogP contribution is 2.47. The minimum absolute atomic E-state index is 0.0790. The van der Waals surface area contributed by atoms with E-state index in [4.69, 9.17) is 9.47 Å². The smallest absolute Gasteiger partial charge is 0.311 e. The van der Waals surface area contributed by atoms with E-state index in [1.165, 1.54) is 6.92 Å². The predicted molar refractivity (Wildman–Crippen MR) is 87.8 cm³/mol. The van der Waals surface area contributed by atoms with Crippen LogP contribution in [0, 0.1) is 5.41 Å². The van der Waals surface area contributed by atoms with Gasteiger partial charge in [0.05, 0.1) is 5.41 Å². The Morgan fingerprint density at radius 3 is 2.48 bits per heavy atom. The lowest BCUT2D eigenvalue weighted by Gasteiger charge is -2.22. The Hall–Kier alpha value is -1.84. The zero-order chi connectivity index (χ0) is 17.4. The minimum Gasteiger partial charge on any atom is -0.461 e. The van der Waals surface area contributed by atoms with Gasteiger partial charge in [0.25, 0.3) is 0 Å². The fraction of sp³-hybridized carbons (Fsp3) is 0.579. The largest absolute Gasteiger partial charge is 0.461 e. The average Bonchev–Trinajstić information content (AvgIpc) is 2.66. The van der Waals surface area contributed by atoms with Crippen LogP contribution in [0.4, 0.5) is 0 Å². The van der Waals surface area contributed by atoms with Gasteiger partial charge in [-0.05, 0) is 49.3 Å². The zero-order valence-electron chi connectivity index (χ0n) is 14.9. The Kier molecular flexibility index (Phi) is 4.56.